The molecular formula is C21H20F3N3O2. The number of aryl methyl sites for hydroxylation is 2. The maximum Gasteiger partial charge on any atom is 0.416 e. The van der Waals surface area contributed by atoms with Gasteiger partial charge in [0.25, 0.3) is 0 Å². The van der Waals surface area contributed by atoms with E-state index in [2.05, 4.69) is 10.5 Å². The predicted octanol–water partition coefficient (Wildman–Crippen LogP) is 4.83. The number of nitrogens with zero attached hydrogens (tertiary/aromatic N) is 2. The van der Waals surface area contributed by atoms with Crippen LogP contribution in [0, 0.1) is 13.8 Å². The predicted molar refractivity (Wildman–Crippen MR) is 105 cm³/mol. The molecule has 0 bridgehead atoms. The molecule has 3 rings (SSSR count). The Morgan fingerprint density at radius 3 is 2.24 bits per heavy atom. The molecule has 1 amide bonds. The van der Waals surface area contributed by atoms with E-state index in [4.69, 9.17) is 0 Å². The van der Waals surface area contributed by atoms with Gasteiger partial charge in [-0.25, -0.2) is 5.43 Å². The number of amides is 1. The topological polar surface area (TPSA) is 66.6 Å². The van der Waals surface area contributed by atoms with Crippen LogP contribution in [0.4, 0.5) is 13.2 Å². The van der Waals surface area contributed by atoms with Crippen LogP contribution < -0.4 is 5.43 Å². The minimum absolute atomic E-state index is 0.190. The molecule has 1 aromatic heterocycles. The van der Waals surface area contributed by atoms with Crippen molar-refractivity contribution >= 4 is 22.5 Å². The van der Waals surface area contributed by atoms with Crippen molar-refractivity contribution in [2.45, 2.75) is 33.9 Å². The van der Waals surface area contributed by atoms with E-state index in [-0.39, 0.29) is 22.7 Å². The Morgan fingerprint density at radius 1 is 1.07 bits per heavy atom. The third-order valence-electron chi connectivity index (χ3n) is 4.48. The van der Waals surface area contributed by atoms with Gasteiger partial charge in [-0.2, -0.15) is 18.3 Å². The van der Waals surface area contributed by atoms with Gasteiger partial charge in [-0.15, -0.1) is 0 Å². The van der Waals surface area contributed by atoms with Gasteiger partial charge in [0.15, 0.2) is 0 Å². The lowest BCUT2D eigenvalue weighted by molar-refractivity contribution is -0.137. The van der Waals surface area contributed by atoms with Crippen molar-refractivity contribution in [1.82, 2.24) is 9.99 Å². The van der Waals surface area contributed by atoms with Crippen LogP contribution in [0.1, 0.15) is 36.1 Å². The molecule has 0 unspecified atom stereocenters. The maximum absolute atomic E-state index is 13.3. The Morgan fingerprint density at radius 2 is 1.69 bits per heavy atom. The summed E-state index contributed by atoms with van der Waals surface area (Å²) in [7, 11) is 0. The van der Waals surface area contributed by atoms with E-state index in [1.165, 1.54) is 17.6 Å². The summed E-state index contributed by atoms with van der Waals surface area (Å²) in [5, 5.41) is 15.3. The molecule has 0 saturated heterocycles. The minimum atomic E-state index is -4.53. The fourth-order valence-corrected chi connectivity index (χ4v) is 3.37. The van der Waals surface area contributed by atoms with Crippen LogP contribution in [0.3, 0.4) is 0 Å². The first-order valence-electron chi connectivity index (χ1n) is 8.83. The smallest absolute Gasteiger partial charge is 0.416 e. The summed E-state index contributed by atoms with van der Waals surface area (Å²) in [5.74, 6) is -0.655. The average molecular weight is 403 g/mol. The molecule has 0 saturated carbocycles. The quantitative estimate of drug-likeness (QED) is 0.486. The summed E-state index contributed by atoms with van der Waals surface area (Å²) >= 11 is 0. The summed E-state index contributed by atoms with van der Waals surface area (Å²) in [6, 6.07) is 8.74. The molecule has 0 fully saturated rings. The highest BCUT2D eigenvalue weighted by Crippen LogP contribution is 2.39. The van der Waals surface area contributed by atoms with Crippen molar-refractivity contribution < 1.29 is 23.1 Å². The summed E-state index contributed by atoms with van der Waals surface area (Å²) in [6.07, 6.45) is -4.53. The van der Waals surface area contributed by atoms with Gasteiger partial charge in [-0.1, -0.05) is 12.1 Å². The van der Waals surface area contributed by atoms with Gasteiger partial charge in [-0.3, -0.25) is 9.36 Å². The zero-order chi connectivity index (χ0) is 21.5. The molecule has 0 aliphatic heterocycles. The first-order valence-corrected chi connectivity index (χ1v) is 8.83. The second kappa shape index (κ2) is 7.27. The fourth-order valence-electron chi connectivity index (χ4n) is 3.37. The second-order valence-electron chi connectivity index (χ2n) is 6.97. The molecule has 3 aromatic rings. The van der Waals surface area contributed by atoms with E-state index in [1.54, 1.807) is 19.1 Å². The van der Waals surface area contributed by atoms with Crippen LogP contribution in [0.5, 0.6) is 5.88 Å². The molecule has 0 atom stereocenters. The lowest BCUT2D eigenvalue weighted by Gasteiger charge is -2.11. The molecule has 1 heterocycles. The molecular weight excluding hydrogens is 383 g/mol. The van der Waals surface area contributed by atoms with Crippen molar-refractivity contribution in [3.05, 3.63) is 58.7 Å². The third-order valence-corrected chi connectivity index (χ3v) is 4.48. The number of aromatic nitrogens is 1. The molecule has 2 N–H and O–H groups in total. The van der Waals surface area contributed by atoms with Gasteiger partial charge in [0, 0.05) is 18.0 Å². The third kappa shape index (κ3) is 3.96. The number of halogens is 3. The number of benzene rings is 2. The van der Waals surface area contributed by atoms with Crippen molar-refractivity contribution in [2.24, 2.45) is 5.10 Å². The van der Waals surface area contributed by atoms with Gasteiger partial charge in [-0.05, 0) is 56.2 Å². The number of aromatic hydroxyl groups is 1. The molecule has 152 valence electrons. The molecule has 0 radical (unpaired) electrons. The standard InChI is InChI=1S/C21H20F3N3O2/c1-11-7-12(2)9-16(8-11)27-18-10-15(21(22,23)24)5-6-17(18)19(20(27)29)13(3)25-26-14(4)28/h5-10,29H,1-4H3,(H,26,28)/b25-13+. The summed E-state index contributed by atoms with van der Waals surface area (Å²) in [5.41, 5.74) is 4.51. The monoisotopic (exact) mass is 403 g/mol. The van der Waals surface area contributed by atoms with Crippen LogP contribution >= 0.6 is 0 Å². The Kier molecular flexibility index (Phi) is 5.13. The largest absolute Gasteiger partial charge is 0.494 e. The molecule has 29 heavy (non-hydrogen) atoms. The number of nitrogens with one attached hydrogen (secondary N) is 1. The van der Waals surface area contributed by atoms with E-state index in [1.807, 2.05) is 19.9 Å². The highest BCUT2D eigenvalue weighted by Gasteiger charge is 2.32. The lowest BCUT2D eigenvalue weighted by Crippen LogP contribution is -2.15. The van der Waals surface area contributed by atoms with Gasteiger partial charge in [0.1, 0.15) is 0 Å². The highest BCUT2D eigenvalue weighted by molar-refractivity contribution is 6.13. The van der Waals surface area contributed by atoms with Crippen molar-refractivity contribution in [3.63, 3.8) is 0 Å². The second-order valence-corrected chi connectivity index (χ2v) is 6.97. The Bertz CT molecular complexity index is 1120. The molecule has 0 aliphatic carbocycles. The molecule has 0 aliphatic rings. The van der Waals surface area contributed by atoms with Crippen LogP contribution in [0.25, 0.3) is 16.6 Å². The number of carbonyl (C=O) groups excluding carboxylic acids is 1. The van der Waals surface area contributed by atoms with Crippen LogP contribution in [0.15, 0.2) is 41.5 Å². The molecule has 5 nitrogen and oxygen atoms in total. The number of hydrazone groups is 1. The summed E-state index contributed by atoms with van der Waals surface area (Å²) in [4.78, 5) is 11.2. The van der Waals surface area contributed by atoms with Gasteiger partial charge < -0.3 is 5.11 Å². The number of hydrogen-bond acceptors (Lipinski definition) is 3. The van der Waals surface area contributed by atoms with Crippen molar-refractivity contribution in [3.8, 4) is 11.6 Å². The zero-order valence-corrected chi connectivity index (χ0v) is 16.3. The number of carbonyl (C=O) groups is 1. The first kappa shape index (κ1) is 20.4. The minimum Gasteiger partial charge on any atom is -0.494 e. The van der Waals surface area contributed by atoms with Crippen LogP contribution in [0.2, 0.25) is 0 Å². The number of hydrogen-bond donors (Lipinski definition) is 2. The number of alkyl halides is 3. The molecule has 2 aromatic carbocycles. The van der Waals surface area contributed by atoms with E-state index >= 15 is 0 Å². The number of fused-ring (bicyclic) bond motifs is 1. The van der Waals surface area contributed by atoms with Gasteiger partial charge in [0.05, 0.1) is 22.4 Å². The fraction of sp³-hybridized carbons (Fsp3) is 0.238. The van der Waals surface area contributed by atoms with E-state index in [0.717, 1.165) is 23.3 Å². The van der Waals surface area contributed by atoms with Gasteiger partial charge >= 0.3 is 6.18 Å². The first-order chi connectivity index (χ1) is 13.5. The lowest BCUT2D eigenvalue weighted by atomic mass is 10.1. The maximum atomic E-state index is 13.3. The Hall–Kier alpha value is -3.29. The van der Waals surface area contributed by atoms with Crippen LogP contribution in [-0.4, -0.2) is 21.3 Å². The molecule has 8 heteroatoms. The average Bonchev–Trinajstić information content (AvgIpc) is 2.89. The number of rotatable bonds is 3. The van der Waals surface area contributed by atoms with Gasteiger partial charge in [0.2, 0.25) is 11.8 Å². The Labute approximate surface area is 165 Å². The summed E-state index contributed by atoms with van der Waals surface area (Å²) in [6.45, 7) is 6.58. The van der Waals surface area contributed by atoms with Crippen molar-refractivity contribution in [2.75, 3.05) is 0 Å². The highest BCUT2D eigenvalue weighted by atomic mass is 19.4. The van der Waals surface area contributed by atoms with E-state index in [9.17, 15) is 23.1 Å². The normalized spacial score (nSPS) is 12.4. The van der Waals surface area contributed by atoms with E-state index in [0.29, 0.717) is 11.1 Å². The summed E-state index contributed by atoms with van der Waals surface area (Å²) < 4.78 is 41.3. The van der Waals surface area contributed by atoms with Crippen LogP contribution in [-0.2, 0) is 11.0 Å². The zero-order valence-electron chi connectivity index (χ0n) is 16.3. The molecule has 0 spiro atoms. The Balaban J connectivity index is 2.37. The van der Waals surface area contributed by atoms with Crippen molar-refractivity contribution in [1.29, 1.82) is 0 Å². The SMILES string of the molecule is CC(=O)N/N=C(\C)c1c(O)n(-c2cc(C)cc(C)c2)c2cc(C(F)(F)F)ccc12. The van der Waals surface area contributed by atoms with E-state index < -0.39 is 17.6 Å².